The minimum absolute atomic E-state index is 0.00618. The molecule has 5 atom stereocenters. The van der Waals surface area contributed by atoms with Gasteiger partial charge in [0, 0.05) is 11.5 Å². The van der Waals surface area contributed by atoms with Crippen LogP contribution in [0.3, 0.4) is 0 Å². The molecule has 0 aliphatic carbocycles. The molecule has 0 spiro atoms. The summed E-state index contributed by atoms with van der Waals surface area (Å²) in [5, 5.41) is 24.0. The molecule has 0 saturated carbocycles. The number of azide groups is 1. The van der Waals surface area contributed by atoms with E-state index in [1.807, 2.05) is 0 Å². The van der Waals surface area contributed by atoms with Gasteiger partial charge in [0.25, 0.3) is 0 Å². The highest BCUT2D eigenvalue weighted by atomic mass is 28.4. The van der Waals surface area contributed by atoms with Crippen LogP contribution in [0, 0.1) is 0 Å². The Morgan fingerprint density at radius 3 is 2.46 bits per heavy atom. The van der Waals surface area contributed by atoms with Crippen molar-refractivity contribution >= 4 is 8.32 Å². The van der Waals surface area contributed by atoms with Crippen LogP contribution in [0.15, 0.2) is 5.11 Å². The summed E-state index contributed by atoms with van der Waals surface area (Å²) in [6, 6.07) is -0.723. The average molecular weight is 390 g/mol. The summed E-state index contributed by atoms with van der Waals surface area (Å²) in [4.78, 5) is 2.91. The molecule has 0 aromatic carbocycles. The Labute approximate surface area is 155 Å². The Morgan fingerprint density at radius 2 is 1.96 bits per heavy atom. The van der Waals surface area contributed by atoms with Gasteiger partial charge in [-0.15, -0.1) is 0 Å². The van der Waals surface area contributed by atoms with Crippen LogP contribution in [0.5, 0.6) is 0 Å². The summed E-state index contributed by atoms with van der Waals surface area (Å²) in [7, 11) is -2.08. The van der Waals surface area contributed by atoms with Crippen LogP contribution in [-0.4, -0.2) is 67.7 Å². The molecule has 2 aliphatic heterocycles. The second-order valence-corrected chi connectivity index (χ2v) is 13.8. The standard InChI is InChI=1S/C16H31N3O6Si/c1-14(2,3)26(6,7)22-8-10(18-19-17)11-12-16(9-20,13(21)23-11)25-15(4,5)24-12/h10-13,20-21H,8-9H2,1-7H3/t10-,11+,12-,13?,16-/m0/s1. The van der Waals surface area contributed by atoms with Crippen LogP contribution in [0.25, 0.3) is 10.4 Å². The molecule has 2 saturated heterocycles. The number of aliphatic hydroxyl groups is 2. The van der Waals surface area contributed by atoms with Crippen molar-refractivity contribution in [3.8, 4) is 0 Å². The average Bonchev–Trinajstić information content (AvgIpc) is 2.92. The van der Waals surface area contributed by atoms with Crippen LogP contribution in [0.4, 0.5) is 0 Å². The fourth-order valence-electron chi connectivity index (χ4n) is 3.08. The Hall–Kier alpha value is -0.713. The SMILES string of the molecule is CC1(C)O[C@H]2[C@@H]([C@H](CO[Si](C)(C)C(C)(C)C)N=[N+]=[N-])OC(O)[C@@]2(CO)O1. The lowest BCUT2D eigenvalue weighted by Gasteiger charge is -2.37. The van der Waals surface area contributed by atoms with Gasteiger partial charge >= 0.3 is 0 Å². The Kier molecular flexibility index (Phi) is 5.84. The van der Waals surface area contributed by atoms with Crippen molar-refractivity contribution in [2.45, 2.75) is 88.7 Å². The highest BCUT2D eigenvalue weighted by Crippen LogP contribution is 2.47. The summed E-state index contributed by atoms with van der Waals surface area (Å²) < 4.78 is 23.4. The molecule has 0 amide bonds. The molecule has 150 valence electrons. The topological polar surface area (TPSA) is 126 Å². The van der Waals surface area contributed by atoms with E-state index in [1.54, 1.807) is 13.8 Å². The van der Waals surface area contributed by atoms with Gasteiger partial charge in [-0.05, 0) is 37.5 Å². The Balaban J connectivity index is 2.24. The van der Waals surface area contributed by atoms with Crippen molar-refractivity contribution < 1.29 is 28.8 Å². The third kappa shape index (κ3) is 3.78. The first-order chi connectivity index (χ1) is 11.8. The molecule has 2 aliphatic rings. The third-order valence-corrected chi connectivity index (χ3v) is 10.1. The first-order valence-corrected chi connectivity index (χ1v) is 11.7. The summed E-state index contributed by atoms with van der Waals surface area (Å²) in [5.74, 6) is -1.00. The van der Waals surface area contributed by atoms with Gasteiger partial charge in [-0.1, -0.05) is 25.9 Å². The smallest absolute Gasteiger partial charge is 0.191 e. The van der Waals surface area contributed by atoms with Gasteiger partial charge in [-0.3, -0.25) is 0 Å². The zero-order chi connectivity index (χ0) is 20.0. The van der Waals surface area contributed by atoms with Crippen LogP contribution < -0.4 is 0 Å². The van der Waals surface area contributed by atoms with E-state index in [2.05, 4.69) is 43.9 Å². The molecule has 2 N–H and O–H groups in total. The minimum atomic E-state index is -2.08. The molecule has 2 fully saturated rings. The molecule has 2 rings (SSSR count). The fourth-order valence-corrected chi connectivity index (χ4v) is 4.10. The summed E-state index contributed by atoms with van der Waals surface area (Å²) >= 11 is 0. The van der Waals surface area contributed by atoms with Crippen molar-refractivity contribution in [3.05, 3.63) is 10.4 Å². The number of nitrogens with zero attached hydrogens (tertiary/aromatic N) is 3. The number of hydrogen-bond donors (Lipinski definition) is 2. The number of fused-ring (bicyclic) bond motifs is 1. The molecule has 2 heterocycles. The summed E-state index contributed by atoms with van der Waals surface area (Å²) in [5.41, 5.74) is 7.58. The van der Waals surface area contributed by atoms with Gasteiger partial charge in [-0.25, -0.2) is 0 Å². The van der Waals surface area contributed by atoms with Crippen molar-refractivity contribution in [2.24, 2.45) is 5.11 Å². The van der Waals surface area contributed by atoms with E-state index >= 15 is 0 Å². The van der Waals surface area contributed by atoms with Gasteiger partial charge in [0.2, 0.25) is 0 Å². The largest absolute Gasteiger partial charge is 0.416 e. The predicted octanol–water partition coefficient (Wildman–Crippen LogP) is 2.29. The Morgan fingerprint density at radius 1 is 1.35 bits per heavy atom. The maximum atomic E-state index is 10.4. The lowest BCUT2D eigenvalue weighted by atomic mass is 9.93. The van der Waals surface area contributed by atoms with Gasteiger partial charge in [-0.2, -0.15) is 0 Å². The van der Waals surface area contributed by atoms with Crippen molar-refractivity contribution in [1.82, 2.24) is 0 Å². The van der Waals surface area contributed by atoms with E-state index in [9.17, 15) is 10.2 Å². The fraction of sp³-hybridized carbons (Fsp3) is 1.00. The second kappa shape index (κ2) is 7.03. The summed E-state index contributed by atoms with van der Waals surface area (Å²) in [6.45, 7) is 13.6. The number of rotatable bonds is 6. The molecule has 0 aromatic heterocycles. The molecule has 0 aromatic rings. The van der Waals surface area contributed by atoms with E-state index in [0.29, 0.717) is 0 Å². The number of ether oxygens (including phenoxy) is 3. The molecule has 0 bridgehead atoms. The Bertz CT molecular complexity index is 575. The molecular formula is C16H31N3O6Si. The normalized spacial score (nSPS) is 35.0. The molecule has 9 nitrogen and oxygen atoms in total. The van der Waals surface area contributed by atoms with E-state index in [4.69, 9.17) is 24.2 Å². The van der Waals surface area contributed by atoms with Gasteiger partial charge in [0.1, 0.15) is 12.2 Å². The molecule has 1 unspecified atom stereocenters. The lowest BCUT2D eigenvalue weighted by molar-refractivity contribution is -0.254. The van der Waals surface area contributed by atoms with Crippen LogP contribution in [0.1, 0.15) is 34.6 Å². The molecule has 10 heteroatoms. The molecular weight excluding hydrogens is 358 g/mol. The monoisotopic (exact) mass is 389 g/mol. The molecule has 26 heavy (non-hydrogen) atoms. The highest BCUT2D eigenvalue weighted by Gasteiger charge is 2.67. The zero-order valence-corrected chi connectivity index (χ0v) is 17.6. The van der Waals surface area contributed by atoms with Crippen LogP contribution >= 0.6 is 0 Å². The number of hydrogen-bond acceptors (Lipinski definition) is 7. The minimum Gasteiger partial charge on any atom is -0.416 e. The van der Waals surface area contributed by atoms with Crippen LogP contribution in [-0.2, 0) is 18.6 Å². The maximum absolute atomic E-state index is 10.4. The maximum Gasteiger partial charge on any atom is 0.191 e. The van der Waals surface area contributed by atoms with Crippen molar-refractivity contribution in [1.29, 1.82) is 0 Å². The predicted molar refractivity (Wildman–Crippen MR) is 96.8 cm³/mol. The summed E-state index contributed by atoms with van der Waals surface area (Å²) in [6.07, 6.45) is -2.97. The van der Waals surface area contributed by atoms with Crippen LogP contribution in [0.2, 0.25) is 18.1 Å². The zero-order valence-electron chi connectivity index (χ0n) is 16.6. The van der Waals surface area contributed by atoms with E-state index in [0.717, 1.165) is 0 Å². The quantitative estimate of drug-likeness (QED) is 0.311. The van der Waals surface area contributed by atoms with Gasteiger partial charge in [0.05, 0.1) is 12.6 Å². The second-order valence-electron chi connectivity index (χ2n) is 8.95. The van der Waals surface area contributed by atoms with E-state index in [1.165, 1.54) is 0 Å². The third-order valence-electron chi connectivity index (χ3n) is 5.58. The van der Waals surface area contributed by atoms with Gasteiger partial charge < -0.3 is 28.8 Å². The first-order valence-electron chi connectivity index (χ1n) is 8.80. The van der Waals surface area contributed by atoms with E-state index in [-0.39, 0.29) is 11.6 Å². The van der Waals surface area contributed by atoms with E-state index < -0.39 is 50.9 Å². The van der Waals surface area contributed by atoms with Crippen molar-refractivity contribution in [2.75, 3.05) is 13.2 Å². The van der Waals surface area contributed by atoms with Gasteiger partial charge in [0.15, 0.2) is 26.0 Å². The highest BCUT2D eigenvalue weighted by molar-refractivity contribution is 6.74. The number of aliphatic hydroxyl groups excluding tert-OH is 2. The lowest BCUT2D eigenvalue weighted by Crippen LogP contribution is -2.51. The first kappa shape index (κ1) is 21.6. The van der Waals surface area contributed by atoms with Crippen molar-refractivity contribution in [3.63, 3.8) is 0 Å². The molecule has 0 radical (unpaired) electrons.